The largest absolute Gasteiger partial charge is 0.493 e. The molecule has 0 radical (unpaired) electrons. The molecule has 3 aliphatic heterocycles. The van der Waals surface area contributed by atoms with Gasteiger partial charge in [-0.25, -0.2) is 0 Å². The van der Waals surface area contributed by atoms with E-state index in [4.69, 9.17) is 9.47 Å². The van der Waals surface area contributed by atoms with Crippen molar-refractivity contribution in [1.82, 2.24) is 4.90 Å². The van der Waals surface area contributed by atoms with Crippen LogP contribution in [0.25, 0.3) is 0 Å². The first kappa shape index (κ1) is 18.6. The lowest BCUT2D eigenvalue weighted by Gasteiger charge is -2.48. The van der Waals surface area contributed by atoms with Crippen molar-refractivity contribution in [3.63, 3.8) is 0 Å². The van der Waals surface area contributed by atoms with Gasteiger partial charge in [0.05, 0.1) is 24.4 Å². The lowest BCUT2D eigenvalue weighted by atomic mass is 9.80. The Kier molecular flexibility index (Phi) is 4.80. The van der Waals surface area contributed by atoms with Gasteiger partial charge in [-0.15, -0.1) is 0 Å². The molecular formula is C24H27NO4. The van der Waals surface area contributed by atoms with Crippen molar-refractivity contribution in [2.24, 2.45) is 0 Å². The summed E-state index contributed by atoms with van der Waals surface area (Å²) in [6, 6.07) is 15.9. The molecule has 3 aliphatic rings. The van der Waals surface area contributed by atoms with Gasteiger partial charge in [0.15, 0.2) is 0 Å². The zero-order valence-electron chi connectivity index (χ0n) is 16.5. The molecule has 2 saturated heterocycles. The van der Waals surface area contributed by atoms with Crippen molar-refractivity contribution in [2.45, 2.75) is 49.9 Å². The van der Waals surface area contributed by atoms with Gasteiger partial charge in [0, 0.05) is 37.9 Å². The molecular weight excluding hydrogens is 366 g/mol. The number of piperidine rings is 1. The molecule has 0 saturated carbocycles. The fourth-order valence-corrected chi connectivity index (χ4v) is 4.97. The van der Waals surface area contributed by atoms with Crippen LogP contribution in [0, 0.1) is 0 Å². The minimum Gasteiger partial charge on any atom is -0.493 e. The maximum Gasteiger partial charge on any atom is 0.253 e. The van der Waals surface area contributed by atoms with Gasteiger partial charge in [0.25, 0.3) is 5.91 Å². The fraction of sp³-hybridized carbons (Fsp3) is 0.458. The van der Waals surface area contributed by atoms with Gasteiger partial charge >= 0.3 is 0 Å². The molecule has 0 aliphatic carbocycles. The van der Waals surface area contributed by atoms with E-state index in [-0.39, 0.29) is 23.7 Å². The highest BCUT2D eigenvalue weighted by atomic mass is 16.5. The monoisotopic (exact) mass is 393 g/mol. The van der Waals surface area contributed by atoms with Crippen LogP contribution in [-0.4, -0.2) is 47.3 Å². The normalized spacial score (nSPS) is 25.5. The second kappa shape index (κ2) is 7.47. The van der Waals surface area contributed by atoms with Crippen molar-refractivity contribution in [3.05, 3.63) is 65.2 Å². The smallest absolute Gasteiger partial charge is 0.253 e. The second-order valence-electron chi connectivity index (χ2n) is 8.51. The summed E-state index contributed by atoms with van der Waals surface area (Å²) in [4.78, 5) is 14.9. The molecule has 5 rings (SSSR count). The first-order valence-electron chi connectivity index (χ1n) is 10.6. The van der Waals surface area contributed by atoms with Crippen LogP contribution >= 0.6 is 0 Å². The minimum atomic E-state index is -0.368. The third-order valence-corrected chi connectivity index (χ3v) is 6.56. The fourth-order valence-electron chi connectivity index (χ4n) is 4.97. The topological polar surface area (TPSA) is 59.0 Å². The van der Waals surface area contributed by atoms with Crippen molar-refractivity contribution < 1.29 is 19.4 Å². The van der Waals surface area contributed by atoms with E-state index in [1.54, 1.807) is 0 Å². The molecule has 3 heterocycles. The highest BCUT2D eigenvalue weighted by molar-refractivity contribution is 5.94. The number of benzene rings is 2. The standard InChI is InChI=1S/C24H27NO4/c26-20-15-22(17-4-2-1-3-5-17)29-24(16-20)9-11-25(12-10-24)23(27)19-6-7-21-18(14-19)8-13-28-21/h1-7,14,20,22,26H,8-13,15-16H2/t20-,22-/m1/s1. The Labute approximate surface area is 171 Å². The van der Waals surface area contributed by atoms with Gasteiger partial charge in [-0.1, -0.05) is 30.3 Å². The van der Waals surface area contributed by atoms with Gasteiger partial charge in [-0.2, -0.15) is 0 Å². The predicted molar refractivity (Wildman–Crippen MR) is 109 cm³/mol. The summed E-state index contributed by atoms with van der Waals surface area (Å²) in [7, 11) is 0. The summed E-state index contributed by atoms with van der Waals surface area (Å²) in [5, 5.41) is 10.5. The molecule has 2 aromatic carbocycles. The zero-order valence-corrected chi connectivity index (χ0v) is 16.5. The summed E-state index contributed by atoms with van der Waals surface area (Å²) < 4.78 is 12.1. The van der Waals surface area contributed by atoms with Crippen molar-refractivity contribution in [2.75, 3.05) is 19.7 Å². The summed E-state index contributed by atoms with van der Waals surface area (Å²) in [6.45, 7) is 2.00. The first-order chi connectivity index (χ1) is 14.1. The zero-order chi connectivity index (χ0) is 19.8. The third-order valence-electron chi connectivity index (χ3n) is 6.56. The molecule has 1 amide bonds. The predicted octanol–water partition coefficient (Wildman–Crippen LogP) is 3.51. The SMILES string of the molecule is O=C(c1ccc2c(c1)CCO2)N1CCC2(CC1)C[C@H](O)C[C@H](c1ccccc1)O2. The van der Waals surface area contributed by atoms with Crippen molar-refractivity contribution in [3.8, 4) is 5.75 Å². The molecule has 2 fully saturated rings. The van der Waals surface area contributed by atoms with Gasteiger partial charge < -0.3 is 19.5 Å². The molecule has 152 valence electrons. The Balaban J connectivity index is 1.27. The number of hydrogen-bond acceptors (Lipinski definition) is 4. The highest BCUT2D eigenvalue weighted by Crippen LogP contribution is 2.43. The number of amides is 1. The number of aliphatic hydroxyl groups is 1. The molecule has 1 N–H and O–H groups in total. The molecule has 1 spiro atoms. The molecule has 2 aromatic rings. The number of ether oxygens (including phenoxy) is 2. The first-order valence-corrected chi connectivity index (χ1v) is 10.6. The average molecular weight is 393 g/mol. The third kappa shape index (κ3) is 3.65. The number of hydrogen-bond donors (Lipinski definition) is 1. The van der Waals surface area contributed by atoms with Crippen LogP contribution < -0.4 is 4.74 Å². The summed E-state index contributed by atoms with van der Waals surface area (Å²) >= 11 is 0. The molecule has 29 heavy (non-hydrogen) atoms. The minimum absolute atomic E-state index is 0.0746. The van der Waals surface area contributed by atoms with Crippen LogP contribution in [0.3, 0.4) is 0 Å². The number of carbonyl (C=O) groups excluding carboxylic acids is 1. The number of carbonyl (C=O) groups is 1. The van der Waals surface area contributed by atoms with Crippen molar-refractivity contribution >= 4 is 5.91 Å². The Bertz CT molecular complexity index is 889. The Hall–Kier alpha value is -2.37. The van der Waals surface area contributed by atoms with Crippen molar-refractivity contribution in [1.29, 1.82) is 0 Å². The molecule has 5 nitrogen and oxygen atoms in total. The van der Waals surface area contributed by atoms with E-state index < -0.39 is 0 Å². The lowest BCUT2D eigenvalue weighted by Crippen LogP contribution is -2.52. The van der Waals surface area contributed by atoms with Crippen LogP contribution in [-0.2, 0) is 11.2 Å². The second-order valence-corrected chi connectivity index (χ2v) is 8.51. The average Bonchev–Trinajstić information content (AvgIpc) is 3.22. The Morgan fingerprint density at radius 2 is 1.90 bits per heavy atom. The Morgan fingerprint density at radius 1 is 1.10 bits per heavy atom. The van der Waals surface area contributed by atoms with Gasteiger partial charge in [-0.05, 0) is 42.2 Å². The van der Waals surface area contributed by atoms with Gasteiger partial charge in [0.1, 0.15) is 5.75 Å². The number of nitrogens with zero attached hydrogens (tertiary/aromatic N) is 1. The number of rotatable bonds is 2. The molecule has 0 aromatic heterocycles. The van der Waals surface area contributed by atoms with Gasteiger partial charge in [-0.3, -0.25) is 4.79 Å². The van der Waals surface area contributed by atoms with Crippen LogP contribution in [0.15, 0.2) is 48.5 Å². The van der Waals surface area contributed by atoms with Crippen LogP contribution in [0.2, 0.25) is 0 Å². The van der Waals surface area contributed by atoms with E-state index >= 15 is 0 Å². The Morgan fingerprint density at radius 3 is 2.69 bits per heavy atom. The van der Waals surface area contributed by atoms with E-state index in [0.717, 1.165) is 41.7 Å². The van der Waals surface area contributed by atoms with E-state index in [1.165, 1.54) is 0 Å². The summed E-state index contributed by atoms with van der Waals surface area (Å²) in [6.07, 6.45) is 3.21. The molecule has 2 atom stereocenters. The van der Waals surface area contributed by atoms with E-state index in [0.29, 0.717) is 32.5 Å². The highest BCUT2D eigenvalue weighted by Gasteiger charge is 2.44. The number of likely N-dealkylation sites (tertiary alicyclic amines) is 1. The molecule has 0 bridgehead atoms. The van der Waals surface area contributed by atoms with Crippen LogP contribution in [0.5, 0.6) is 5.75 Å². The van der Waals surface area contributed by atoms with E-state index in [9.17, 15) is 9.90 Å². The van der Waals surface area contributed by atoms with E-state index in [2.05, 4.69) is 12.1 Å². The van der Waals surface area contributed by atoms with Crippen LogP contribution in [0.1, 0.15) is 53.3 Å². The summed E-state index contributed by atoms with van der Waals surface area (Å²) in [5.74, 6) is 0.973. The number of fused-ring (bicyclic) bond motifs is 1. The summed E-state index contributed by atoms with van der Waals surface area (Å²) in [5.41, 5.74) is 2.62. The molecule has 0 unspecified atom stereocenters. The maximum atomic E-state index is 13.0. The quantitative estimate of drug-likeness (QED) is 0.848. The van der Waals surface area contributed by atoms with Crippen LogP contribution in [0.4, 0.5) is 0 Å². The lowest BCUT2D eigenvalue weighted by molar-refractivity contribution is -0.181. The van der Waals surface area contributed by atoms with E-state index in [1.807, 2.05) is 41.3 Å². The van der Waals surface area contributed by atoms with Gasteiger partial charge in [0.2, 0.25) is 0 Å². The number of aliphatic hydroxyl groups excluding tert-OH is 1. The maximum absolute atomic E-state index is 13.0. The molecule has 5 heteroatoms.